The molecular weight excluding hydrogens is 192 g/mol. The van der Waals surface area contributed by atoms with E-state index in [2.05, 4.69) is 4.74 Å². The van der Waals surface area contributed by atoms with Gasteiger partial charge in [0.25, 0.3) is 0 Å². The number of carbonyl (C=O) groups is 1. The third-order valence-electron chi connectivity index (χ3n) is 2.90. The third-order valence-corrected chi connectivity index (χ3v) is 2.90. The molecular formula is C12H14O3. The van der Waals surface area contributed by atoms with E-state index in [9.17, 15) is 9.90 Å². The lowest BCUT2D eigenvalue weighted by atomic mass is 9.88. The number of phenolic OH excluding ortho intramolecular Hbond substituents is 1. The number of carbonyl (C=O) groups excluding carboxylic acids is 1. The number of benzene rings is 1. The molecule has 3 heteroatoms. The van der Waals surface area contributed by atoms with Crippen LogP contribution in [0.4, 0.5) is 0 Å². The first-order valence-electron chi connectivity index (χ1n) is 5.16. The molecule has 0 fully saturated rings. The van der Waals surface area contributed by atoms with E-state index < -0.39 is 5.97 Å². The topological polar surface area (TPSA) is 46.5 Å². The fraction of sp³-hybridized carbons (Fsp3) is 0.417. The van der Waals surface area contributed by atoms with E-state index in [0.717, 1.165) is 31.2 Å². The van der Waals surface area contributed by atoms with E-state index in [1.165, 1.54) is 12.7 Å². The number of aromatic hydroxyl groups is 1. The molecule has 0 aromatic heterocycles. The van der Waals surface area contributed by atoms with Crippen molar-refractivity contribution < 1.29 is 14.6 Å². The Bertz CT molecular complexity index is 396. The van der Waals surface area contributed by atoms with Gasteiger partial charge in [-0.1, -0.05) is 6.07 Å². The van der Waals surface area contributed by atoms with Gasteiger partial charge in [0.1, 0.15) is 11.3 Å². The smallest absolute Gasteiger partial charge is 0.341 e. The van der Waals surface area contributed by atoms with Crippen molar-refractivity contribution in [3.05, 3.63) is 28.8 Å². The van der Waals surface area contributed by atoms with Gasteiger partial charge in [0.2, 0.25) is 0 Å². The van der Waals surface area contributed by atoms with Gasteiger partial charge in [0, 0.05) is 0 Å². The number of phenols is 1. The second kappa shape index (κ2) is 3.93. The fourth-order valence-electron chi connectivity index (χ4n) is 2.15. The van der Waals surface area contributed by atoms with E-state index in [-0.39, 0.29) is 5.75 Å². The van der Waals surface area contributed by atoms with E-state index in [1.54, 1.807) is 6.07 Å². The number of hydrogen-bond donors (Lipinski definition) is 1. The fourth-order valence-corrected chi connectivity index (χ4v) is 2.15. The Morgan fingerprint density at radius 2 is 2.07 bits per heavy atom. The summed E-state index contributed by atoms with van der Waals surface area (Å²) in [6.45, 7) is 0. The van der Waals surface area contributed by atoms with Crippen LogP contribution >= 0.6 is 0 Å². The predicted molar refractivity (Wildman–Crippen MR) is 56.1 cm³/mol. The summed E-state index contributed by atoms with van der Waals surface area (Å²) in [6, 6.07) is 3.48. The Morgan fingerprint density at radius 3 is 2.80 bits per heavy atom. The summed E-state index contributed by atoms with van der Waals surface area (Å²) in [4.78, 5) is 11.5. The van der Waals surface area contributed by atoms with Crippen molar-refractivity contribution in [1.82, 2.24) is 0 Å². The van der Waals surface area contributed by atoms with Crippen molar-refractivity contribution in [2.75, 3.05) is 7.11 Å². The van der Waals surface area contributed by atoms with Gasteiger partial charge in [-0.15, -0.1) is 0 Å². The SMILES string of the molecule is COC(=O)c1c(O)ccc2c1CCCC2. The van der Waals surface area contributed by atoms with Gasteiger partial charge >= 0.3 is 5.97 Å². The zero-order valence-corrected chi connectivity index (χ0v) is 8.75. The number of hydrogen-bond acceptors (Lipinski definition) is 3. The van der Waals surface area contributed by atoms with Gasteiger partial charge in [-0.05, 0) is 42.9 Å². The Morgan fingerprint density at radius 1 is 1.33 bits per heavy atom. The van der Waals surface area contributed by atoms with Crippen LogP contribution in [-0.4, -0.2) is 18.2 Å². The number of rotatable bonds is 1. The molecule has 1 N–H and O–H groups in total. The highest BCUT2D eigenvalue weighted by Crippen LogP contribution is 2.30. The van der Waals surface area contributed by atoms with E-state index >= 15 is 0 Å². The average molecular weight is 206 g/mol. The lowest BCUT2D eigenvalue weighted by Crippen LogP contribution is -2.12. The highest BCUT2D eigenvalue weighted by atomic mass is 16.5. The molecule has 1 aliphatic rings. The summed E-state index contributed by atoms with van der Waals surface area (Å²) in [6.07, 6.45) is 4.06. The Kier molecular flexibility index (Phi) is 2.62. The lowest BCUT2D eigenvalue weighted by molar-refractivity contribution is 0.0595. The Labute approximate surface area is 88.7 Å². The molecule has 15 heavy (non-hydrogen) atoms. The molecule has 1 aromatic rings. The van der Waals surface area contributed by atoms with Crippen molar-refractivity contribution in [3.63, 3.8) is 0 Å². The second-order valence-corrected chi connectivity index (χ2v) is 3.80. The summed E-state index contributed by atoms with van der Waals surface area (Å²) < 4.78 is 4.68. The van der Waals surface area contributed by atoms with Crippen LogP contribution in [0.5, 0.6) is 5.75 Å². The molecule has 0 atom stereocenters. The summed E-state index contributed by atoms with van der Waals surface area (Å²) >= 11 is 0. The van der Waals surface area contributed by atoms with Crippen LogP contribution in [0, 0.1) is 0 Å². The maximum absolute atomic E-state index is 11.5. The van der Waals surface area contributed by atoms with Gasteiger partial charge in [0.15, 0.2) is 0 Å². The number of aryl methyl sites for hydroxylation is 1. The van der Waals surface area contributed by atoms with Crippen LogP contribution in [-0.2, 0) is 17.6 Å². The molecule has 0 bridgehead atoms. The quantitative estimate of drug-likeness (QED) is 0.715. The minimum atomic E-state index is -0.439. The monoisotopic (exact) mass is 206 g/mol. The molecule has 0 aliphatic heterocycles. The summed E-state index contributed by atoms with van der Waals surface area (Å²) in [5, 5.41) is 9.67. The van der Waals surface area contributed by atoms with Crippen LogP contribution in [0.15, 0.2) is 12.1 Å². The molecule has 1 aliphatic carbocycles. The van der Waals surface area contributed by atoms with Crippen LogP contribution in [0.3, 0.4) is 0 Å². The van der Waals surface area contributed by atoms with Crippen molar-refractivity contribution in [1.29, 1.82) is 0 Å². The standard InChI is InChI=1S/C12H14O3/c1-15-12(14)11-9-5-3-2-4-8(9)6-7-10(11)13/h6-7,13H,2-5H2,1H3. The molecule has 0 unspecified atom stereocenters. The molecule has 2 rings (SSSR count). The van der Waals surface area contributed by atoms with Crippen LogP contribution in [0.2, 0.25) is 0 Å². The van der Waals surface area contributed by atoms with Crippen LogP contribution in [0.1, 0.15) is 34.3 Å². The molecule has 0 radical (unpaired) electrons. The van der Waals surface area contributed by atoms with E-state index in [1.807, 2.05) is 6.07 Å². The summed E-state index contributed by atoms with van der Waals surface area (Å²) in [5.41, 5.74) is 2.49. The number of esters is 1. The van der Waals surface area contributed by atoms with Crippen molar-refractivity contribution in [3.8, 4) is 5.75 Å². The van der Waals surface area contributed by atoms with Gasteiger partial charge < -0.3 is 9.84 Å². The first-order chi connectivity index (χ1) is 7.24. The molecule has 0 spiro atoms. The zero-order valence-electron chi connectivity index (χ0n) is 8.75. The maximum Gasteiger partial charge on any atom is 0.341 e. The molecule has 0 heterocycles. The highest BCUT2D eigenvalue weighted by Gasteiger charge is 2.21. The maximum atomic E-state index is 11.5. The van der Waals surface area contributed by atoms with Crippen molar-refractivity contribution >= 4 is 5.97 Å². The number of fused-ring (bicyclic) bond motifs is 1. The minimum absolute atomic E-state index is 0.0301. The largest absolute Gasteiger partial charge is 0.507 e. The molecule has 0 saturated carbocycles. The van der Waals surface area contributed by atoms with Crippen molar-refractivity contribution in [2.24, 2.45) is 0 Å². The zero-order chi connectivity index (χ0) is 10.8. The second-order valence-electron chi connectivity index (χ2n) is 3.80. The first-order valence-corrected chi connectivity index (χ1v) is 5.16. The first kappa shape index (κ1) is 10.0. The van der Waals surface area contributed by atoms with Crippen molar-refractivity contribution in [2.45, 2.75) is 25.7 Å². The summed E-state index contributed by atoms with van der Waals surface area (Å²) in [5.74, 6) is -0.409. The lowest BCUT2D eigenvalue weighted by Gasteiger charge is -2.18. The van der Waals surface area contributed by atoms with Gasteiger partial charge in [0.05, 0.1) is 7.11 Å². The van der Waals surface area contributed by atoms with Crippen LogP contribution < -0.4 is 0 Å². The molecule has 0 amide bonds. The molecule has 1 aromatic carbocycles. The summed E-state index contributed by atoms with van der Waals surface area (Å²) in [7, 11) is 1.34. The van der Waals surface area contributed by atoms with E-state index in [0.29, 0.717) is 5.56 Å². The average Bonchev–Trinajstić information content (AvgIpc) is 2.28. The normalized spacial score (nSPS) is 14.5. The van der Waals surface area contributed by atoms with Gasteiger partial charge in [-0.3, -0.25) is 0 Å². The molecule has 80 valence electrons. The van der Waals surface area contributed by atoms with Gasteiger partial charge in [-0.2, -0.15) is 0 Å². The van der Waals surface area contributed by atoms with Gasteiger partial charge in [-0.25, -0.2) is 4.79 Å². The minimum Gasteiger partial charge on any atom is -0.507 e. The number of ether oxygens (including phenoxy) is 1. The molecule has 0 saturated heterocycles. The van der Waals surface area contributed by atoms with E-state index in [4.69, 9.17) is 0 Å². The molecule has 3 nitrogen and oxygen atoms in total. The highest BCUT2D eigenvalue weighted by molar-refractivity contribution is 5.94. The Balaban J connectivity index is 2.55. The third kappa shape index (κ3) is 1.69. The Hall–Kier alpha value is -1.51. The van der Waals surface area contributed by atoms with Crippen LogP contribution in [0.25, 0.3) is 0 Å². The number of methoxy groups -OCH3 is 1. The predicted octanol–water partition coefficient (Wildman–Crippen LogP) is 2.06.